The van der Waals surface area contributed by atoms with Crippen LogP contribution in [0.2, 0.25) is 0 Å². The summed E-state index contributed by atoms with van der Waals surface area (Å²) in [5.74, 6) is 2.73. The van der Waals surface area contributed by atoms with Gasteiger partial charge in [-0.15, -0.1) is 0 Å². The number of likely N-dealkylation sites (N-methyl/N-ethyl adjacent to an activating group) is 1. The molecule has 2 rings (SSSR count). The average Bonchev–Trinajstić information content (AvgIpc) is 2.62. The molecule has 0 saturated heterocycles. The standard InChI is InChI=1S/C21H34N2O3/c1-6-19(24)22-17-11-12-18(26-14-13-23(3)4)21(25-5)20(17)16-9-7-15(2)8-10-16/h11-12,15-16H,6-10,13-14H2,1-5H3,(H,22,24). The van der Waals surface area contributed by atoms with E-state index in [-0.39, 0.29) is 5.91 Å². The molecule has 1 aliphatic carbocycles. The molecule has 146 valence electrons. The lowest BCUT2D eigenvalue weighted by Gasteiger charge is -2.30. The third-order valence-corrected chi connectivity index (χ3v) is 5.18. The van der Waals surface area contributed by atoms with E-state index in [1.807, 2.05) is 33.2 Å². The van der Waals surface area contributed by atoms with E-state index in [2.05, 4.69) is 17.1 Å². The second-order valence-electron chi connectivity index (χ2n) is 7.57. The molecule has 0 atom stereocenters. The zero-order valence-corrected chi connectivity index (χ0v) is 16.9. The van der Waals surface area contributed by atoms with Crippen molar-refractivity contribution in [2.75, 3.05) is 39.7 Å². The Morgan fingerprint density at radius 2 is 1.92 bits per heavy atom. The predicted octanol–water partition coefficient (Wildman–Crippen LogP) is 4.28. The number of carbonyl (C=O) groups excluding carboxylic acids is 1. The fourth-order valence-corrected chi connectivity index (χ4v) is 3.54. The van der Waals surface area contributed by atoms with Crippen molar-refractivity contribution in [3.63, 3.8) is 0 Å². The minimum Gasteiger partial charge on any atom is -0.492 e. The Morgan fingerprint density at radius 1 is 1.23 bits per heavy atom. The van der Waals surface area contributed by atoms with Crippen LogP contribution in [-0.2, 0) is 4.79 Å². The molecule has 1 N–H and O–H groups in total. The Balaban J connectivity index is 2.34. The smallest absolute Gasteiger partial charge is 0.224 e. The van der Waals surface area contributed by atoms with Crippen LogP contribution in [0.4, 0.5) is 5.69 Å². The van der Waals surface area contributed by atoms with Gasteiger partial charge in [-0.2, -0.15) is 0 Å². The van der Waals surface area contributed by atoms with Gasteiger partial charge in [0.2, 0.25) is 5.91 Å². The first-order valence-electron chi connectivity index (χ1n) is 9.74. The number of nitrogens with zero attached hydrogens (tertiary/aromatic N) is 1. The van der Waals surface area contributed by atoms with Crippen molar-refractivity contribution in [1.82, 2.24) is 4.90 Å². The molecule has 5 heteroatoms. The maximum absolute atomic E-state index is 12.0. The second kappa shape index (κ2) is 9.81. The van der Waals surface area contributed by atoms with E-state index in [9.17, 15) is 4.79 Å². The second-order valence-corrected chi connectivity index (χ2v) is 7.57. The van der Waals surface area contributed by atoms with Gasteiger partial charge in [-0.3, -0.25) is 4.79 Å². The van der Waals surface area contributed by atoms with Crippen LogP contribution in [-0.4, -0.2) is 45.2 Å². The quantitative estimate of drug-likeness (QED) is 0.750. The van der Waals surface area contributed by atoms with Gasteiger partial charge < -0.3 is 19.7 Å². The molecule has 5 nitrogen and oxygen atoms in total. The van der Waals surface area contributed by atoms with Crippen LogP contribution in [0.25, 0.3) is 0 Å². The van der Waals surface area contributed by atoms with Gasteiger partial charge in [0.15, 0.2) is 11.5 Å². The lowest BCUT2D eigenvalue weighted by Crippen LogP contribution is -2.20. The molecule has 1 aliphatic rings. The molecule has 1 fully saturated rings. The van der Waals surface area contributed by atoms with Gasteiger partial charge in [0.05, 0.1) is 7.11 Å². The lowest BCUT2D eigenvalue weighted by molar-refractivity contribution is -0.115. The summed E-state index contributed by atoms with van der Waals surface area (Å²) in [4.78, 5) is 14.1. The fourth-order valence-electron chi connectivity index (χ4n) is 3.54. The van der Waals surface area contributed by atoms with Crippen LogP contribution in [0, 0.1) is 5.92 Å². The summed E-state index contributed by atoms with van der Waals surface area (Å²) in [6.45, 7) is 5.63. The number of ether oxygens (including phenoxy) is 2. The van der Waals surface area contributed by atoms with Crippen molar-refractivity contribution in [2.45, 2.75) is 51.9 Å². The number of hydrogen-bond donors (Lipinski definition) is 1. The summed E-state index contributed by atoms with van der Waals surface area (Å²) in [6, 6.07) is 3.88. The van der Waals surface area contributed by atoms with Crippen LogP contribution in [0.15, 0.2) is 12.1 Å². The highest BCUT2D eigenvalue weighted by Gasteiger charge is 2.27. The maximum atomic E-state index is 12.0. The summed E-state index contributed by atoms with van der Waals surface area (Å²) < 4.78 is 11.8. The van der Waals surface area contributed by atoms with Crippen LogP contribution >= 0.6 is 0 Å². The normalized spacial score (nSPS) is 20.1. The lowest BCUT2D eigenvalue weighted by atomic mass is 9.78. The summed E-state index contributed by atoms with van der Waals surface area (Å²) in [5.41, 5.74) is 1.97. The van der Waals surface area contributed by atoms with E-state index < -0.39 is 0 Å². The van der Waals surface area contributed by atoms with Gasteiger partial charge in [0, 0.05) is 24.2 Å². The molecule has 26 heavy (non-hydrogen) atoms. The van der Waals surface area contributed by atoms with E-state index in [0.29, 0.717) is 18.9 Å². The summed E-state index contributed by atoms with van der Waals surface area (Å²) in [6.07, 6.45) is 5.12. The van der Waals surface area contributed by atoms with Crippen molar-refractivity contribution in [2.24, 2.45) is 5.92 Å². The fraction of sp³-hybridized carbons (Fsp3) is 0.667. The van der Waals surface area contributed by atoms with Gasteiger partial charge in [-0.25, -0.2) is 0 Å². The number of methoxy groups -OCH3 is 1. The summed E-state index contributed by atoms with van der Waals surface area (Å²) >= 11 is 0. The molecule has 0 spiro atoms. The average molecular weight is 363 g/mol. The van der Waals surface area contributed by atoms with E-state index >= 15 is 0 Å². The van der Waals surface area contributed by atoms with Crippen LogP contribution < -0.4 is 14.8 Å². The molecule has 1 amide bonds. The first kappa shape index (κ1) is 20.6. The number of rotatable bonds is 8. The van der Waals surface area contributed by atoms with E-state index in [1.54, 1.807) is 7.11 Å². The molecule has 1 saturated carbocycles. The SMILES string of the molecule is CCC(=O)Nc1ccc(OCCN(C)C)c(OC)c1C1CCC(C)CC1. The molecule has 0 radical (unpaired) electrons. The van der Waals surface area contributed by atoms with Crippen molar-refractivity contribution in [3.05, 3.63) is 17.7 Å². The van der Waals surface area contributed by atoms with E-state index in [4.69, 9.17) is 9.47 Å². The number of carbonyl (C=O) groups is 1. The Labute approximate surface area is 158 Å². The molecule has 0 unspecified atom stereocenters. The zero-order chi connectivity index (χ0) is 19.1. The van der Waals surface area contributed by atoms with Gasteiger partial charge >= 0.3 is 0 Å². The predicted molar refractivity (Wildman–Crippen MR) is 106 cm³/mol. The minimum absolute atomic E-state index is 0.0266. The van der Waals surface area contributed by atoms with E-state index in [0.717, 1.165) is 48.1 Å². The molecule has 1 aromatic carbocycles. The number of nitrogens with one attached hydrogen (secondary N) is 1. The van der Waals surface area contributed by atoms with Crippen molar-refractivity contribution >= 4 is 11.6 Å². The third-order valence-electron chi connectivity index (χ3n) is 5.18. The molecule has 0 heterocycles. The molecule has 0 bridgehead atoms. The number of benzene rings is 1. The largest absolute Gasteiger partial charge is 0.492 e. The maximum Gasteiger partial charge on any atom is 0.224 e. The third kappa shape index (κ3) is 5.37. The molecular formula is C21H34N2O3. The van der Waals surface area contributed by atoms with Gasteiger partial charge in [0.25, 0.3) is 0 Å². The van der Waals surface area contributed by atoms with Gasteiger partial charge in [-0.1, -0.05) is 26.7 Å². The highest BCUT2D eigenvalue weighted by molar-refractivity contribution is 5.92. The summed E-state index contributed by atoms with van der Waals surface area (Å²) in [7, 11) is 5.74. The number of anilines is 1. The van der Waals surface area contributed by atoms with Crippen LogP contribution in [0.1, 0.15) is 57.4 Å². The Kier molecular flexibility index (Phi) is 7.76. The number of amides is 1. The van der Waals surface area contributed by atoms with Gasteiger partial charge in [0.1, 0.15) is 6.61 Å². The Hall–Kier alpha value is -1.75. The molecule has 1 aromatic rings. The van der Waals surface area contributed by atoms with Crippen molar-refractivity contribution in [3.8, 4) is 11.5 Å². The Bertz CT molecular complexity index is 593. The Morgan fingerprint density at radius 3 is 2.50 bits per heavy atom. The van der Waals surface area contributed by atoms with E-state index in [1.165, 1.54) is 12.8 Å². The zero-order valence-electron chi connectivity index (χ0n) is 16.9. The highest BCUT2D eigenvalue weighted by Crippen LogP contribution is 2.46. The topological polar surface area (TPSA) is 50.8 Å². The molecule has 0 aliphatic heterocycles. The summed E-state index contributed by atoms with van der Waals surface area (Å²) in [5, 5.41) is 3.06. The van der Waals surface area contributed by atoms with Crippen molar-refractivity contribution in [1.29, 1.82) is 0 Å². The first-order valence-corrected chi connectivity index (χ1v) is 9.74. The monoisotopic (exact) mass is 362 g/mol. The molecular weight excluding hydrogens is 328 g/mol. The number of hydrogen-bond acceptors (Lipinski definition) is 4. The first-order chi connectivity index (χ1) is 12.5. The highest BCUT2D eigenvalue weighted by atomic mass is 16.5. The molecule has 0 aromatic heterocycles. The minimum atomic E-state index is 0.0266. The van der Waals surface area contributed by atoms with Gasteiger partial charge in [-0.05, 0) is 50.9 Å². The van der Waals surface area contributed by atoms with Crippen LogP contribution in [0.5, 0.6) is 11.5 Å². The van der Waals surface area contributed by atoms with Crippen molar-refractivity contribution < 1.29 is 14.3 Å². The van der Waals surface area contributed by atoms with Crippen LogP contribution in [0.3, 0.4) is 0 Å².